The zero-order chi connectivity index (χ0) is 27.4. The average molecular weight is 548 g/mol. The molecule has 0 heterocycles. The lowest BCUT2D eigenvalue weighted by atomic mass is 10.0. The number of ether oxygens (including phenoxy) is 1. The van der Waals surface area contributed by atoms with E-state index in [4.69, 9.17) is 13.8 Å². The van der Waals surface area contributed by atoms with E-state index in [-0.39, 0.29) is 18.7 Å². The first kappa shape index (κ1) is 36.7. The van der Waals surface area contributed by atoms with Crippen LogP contribution in [-0.4, -0.2) is 55.7 Å². The largest absolute Gasteiger partial charge is 0.460 e. The molecule has 0 aromatic carbocycles. The first-order valence-corrected chi connectivity index (χ1v) is 16.7. The van der Waals surface area contributed by atoms with Gasteiger partial charge in [-0.25, -0.2) is 0 Å². The summed E-state index contributed by atoms with van der Waals surface area (Å²) in [7, 11) is 2.16. The molecular weight excluding hydrogens is 485 g/mol. The van der Waals surface area contributed by atoms with Gasteiger partial charge in [-0.1, -0.05) is 116 Å². The van der Waals surface area contributed by atoms with Crippen LogP contribution in [-0.2, 0) is 18.6 Å². The van der Waals surface area contributed by atoms with Gasteiger partial charge < -0.3 is 23.6 Å². The van der Waals surface area contributed by atoms with Gasteiger partial charge in [0.05, 0.1) is 13.2 Å². The van der Waals surface area contributed by atoms with Crippen molar-refractivity contribution in [3.05, 3.63) is 0 Å². The molecule has 0 radical (unpaired) electrons. The van der Waals surface area contributed by atoms with Crippen LogP contribution in [0.15, 0.2) is 0 Å². The van der Waals surface area contributed by atoms with E-state index in [1.807, 2.05) is 14.1 Å². The summed E-state index contributed by atoms with van der Waals surface area (Å²) in [5, 5.41) is 0. The van der Waals surface area contributed by atoms with Gasteiger partial charge in [0.2, 0.25) is 0 Å². The van der Waals surface area contributed by atoms with Gasteiger partial charge in [-0.2, -0.15) is 0 Å². The van der Waals surface area contributed by atoms with E-state index in [9.17, 15) is 9.69 Å². The summed E-state index contributed by atoms with van der Waals surface area (Å²) < 4.78 is 16.2. The maximum absolute atomic E-state index is 11.4. The SMILES string of the molecule is CCCCCCCCCCCCCCCCCCCCC(COP(O)OCCCCN(C)C)OC(C)=O. The fourth-order valence-electron chi connectivity index (χ4n) is 4.54. The van der Waals surface area contributed by atoms with E-state index in [1.54, 1.807) is 0 Å². The zero-order valence-corrected chi connectivity index (χ0v) is 25.9. The van der Waals surface area contributed by atoms with E-state index in [1.165, 1.54) is 110 Å². The van der Waals surface area contributed by atoms with E-state index in [2.05, 4.69) is 11.8 Å². The highest BCUT2D eigenvalue weighted by Crippen LogP contribution is 2.33. The van der Waals surface area contributed by atoms with Crippen LogP contribution in [0.2, 0.25) is 0 Å². The van der Waals surface area contributed by atoms with Crippen LogP contribution >= 0.6 is 8.60 Å². The minimum atomic E-state index is -1.92. The molecule has 1 N–H and O–H groups in total. The van der Waals surface area contributed by atoms with E-state index >= 15 is 0 Å². The Morgan fingerprint density at radius 3 is 1.59 bits per heavy atom. The molecule has 0 spiro atoms. The number of nitrogens with zero attached hydrogens (tertiary/aromatic N) is 1. The maximum atomic E-state index is 11.4. The molecule has 222 valence electrons. The summed E-state index contributed by atoms with van der Waals surface area (Å²) in [5.74, 6) is -0.303. The Hall–Kier alpha value is -0.260. The Bertz CT molecular complexity index is 481. The first-order chi connectivity index (χ1) is 18.0. The molecule has 2 atom stereocenters. The van der Waals surface area contributed by atoms with Crippen LogP contribution < -0.4 is 0 Å². The summed E-state index contributed by atoms with van der Waals surface area (Å²) >= 11 is 0. The summed E-state index contributed by atoms with van der Waals surface area (Å²) in [4.78, 5) is 23.5. The molecule has 0 aromatic heterocycles. The molecular formula is C30H62NO5P. The zero-order valence-electron chi connectivity index (χ0n) is 25.0. The monoisotopic (exact) mass is 547 g/mol. The van der Waals surface area contributed by atoms with Crippen LogP contribution in [0.4, 0.5) is 0 Å². The third kappa shape index (κ3) is 30.1. The number of hydrogen-bond donors (Lipinski definition) is 1. The number of hydrogen-bond acceptors (Lipinski definition) is 6. The maximum Gasteiger partial charge on any atom is 0.329 e. The highest BCUT2D eigenvalue weighted by atomic mass is 31.2. The summed E-state index contributed by atoms with van der Waals surface area (Å²) in [6, 6.07) is 0. The van der Waals surface area contributed by atoms with Crippen molar-refractivity contribution in [2.75, 3.05) is 33.9 Å². The van der Waals surface area contributed by atoms with Gasteiger partial charge in [-0.15, -0.1) is 0 Å². The fourth-order valence-corrected chi connectivity index (χ4v) is 5.20. The topological polar surface area (TPSA) is 68.2 Å². The molecule has 0 aliphatic carbocycles. The van der Waals surface area contributed by atoms with Crippen molar-refractivity contribution in [2.24, 2.45) is 0 Å². The summed E-state index contributed by atoms with van der Waals surface area (Å²) in [6.07, 6.45) is 26.7. The molecule has 0 fully saturated rings. The van der Waals surface area contributed by atoms with Gasteiger partial charge in [-0.05, 0) is 46.3 Å². The van der Waals surface area contributed by atoms with Crippen molar-refractivity contribution in [1.82, 2.24) is 4.90 Å². The first-order valence-electron chi connectivity index (χ1n) is 15.5. The quantitative estimate of drug-likeness (QED) is 0.0573. The molecule has 7 heteroatoms. The van der Waals surface area contributed by atoms with Crippen LogP contribution in [0.25, 0.3) is 0 Å². The molecule has 0 aliphatic heterocycles. The van der Waals surface area contributed by atoms with Gasteiger partial charge in [0, 0.05) is 6.92 Å². The fraction of sp³-hybridized carbons (Fsp3) is 0.967. The van der Waals surface area contributed by atoms with Crippen LogP contribution in [0.3, 0.4) is 0 Å². The predicted molar refractivity (Wildman–Crippen MR) is 158 cm³/mol. The second-order valence-corrected chi connectivity index (χ2v) is 11.9. The molecule has 0 rings (SSSR count). The van der Waals surface area contributed by atoms with Crippen LogP contribution in [0, 0.1) is 0 Å². The summed E-state index contributed by atoms with van der Waals surface area (Å²) in [5.41, 5.74) is 0. The van der Waals surface area contributed by atoms with Crippen molar-refractivity contribution in [1.29, 1.82) is 0 Å². The number of esters is 1. The Morgan fingerprint density at radius 2 is 1.16 bits per heavy atom. The van der Waals surface area contributed by atoms with E-state index in [0.29, 0.717) is 6.61 Å². The number of rotatable bonds is 29. The third-order valence-corrected chi connectivity index (χ3v) is 7.56. The Balaban J connectivity index is 3.57. The van der Waals surface area contributed by atoms with E-state index in [0.717, 1.165) is 38.6 Å². The minimum Gasteiger partial charge on any atom is -0.460 e. The van der Waals surface area contributed by atoms with Crippen molar-refractivity contribution < 1.29 is 23.5 Å². The molecule has 6 nitrogen and oxygen atoms in total. The van der Waals surface area contributed by atoms with Gasteiger partial charge in [0.25, 0.3) is 0 Å². The Kier molecular flexibility index (Phi) is 28.5. The Morgan fingerprint density at radius 1 is 0.703 bits per heavy atom. The van der Waals surface area contributed by atoms with E-state index < -0.39 is 8.60 Å². The molecule has 0 bridgehead atoms. The molecule has 0 aliphatic rings. The standard InChI is InChI=1S/C30H62NO5P/c1-5-6-7-8-9-10-11-12-13-14-15-16-17-18-19-20-21-22-25-30(36-29(2)32)28-35-37(33)34-27-24-23-26-31(3)4/h30,33H,5-28H2,1-4H3. The lowest BCUT2D eigenvalue weighted by Crippen LogP contribution is -2.21. The molecule has 0 saturated carbocycles. The highest BCUT2D eigenvalue weighted by molar-refractivity contribution is 7.40. The minimum absolute atomic E-state index is 0.193. The lowest BCUT2D eigenvalue weighted by Gasteiger charge is -2.18. The number of carbonyl (C=O) groups is 1. The van der Waals surface area contributed by atoms with Crippen molar-refractivity contribution in [3.8, 4) is 0 Å². The third-order valence-electron chi connectivity index (χ3n) is 6.78. The van der Waals surface area contributed by atoms with Crippen LogP contribution in [0.1, 0.15) is 149 Å². The molecule has 2 unspecified atom stereocenters. The molecule has 0 aromatic rings. The smallest absolute Gasteiger partial charge is 0.329 e. The average Bonchev–Trinajstić information content (AvgIpc) is 2.85. The second-order valence-electron chi connectivity index (χ2n) is 10.9. The number of unbranched alkanes of at least 4 members (excludes halogenated alkanes) is 18. The van der Waals surface area contributed by atoms with Gasteiger partial charge >= 0.3 is 14.6 Å². The van der Waals surface area contributed by atoms with Crippen molar-refractivity contribution in [3.63, 3.8) is 0 Å². The lowest BCUT2D eigenvalue weighted by molar-refractivity contribution is -0.148. The van der Waals surface area contributed by atoms with Gasteiger partial charge in [-0.3, -0.25) is 4.79 Å². The molecule has 37 heavy (non-hydrogen) atoms. The highest BCUT2D eigenvalue weighted by Gasteiger charge is 2.16. The second kappa shape index (κ2) is 28.7. The van der Waals surface area contributed by atoms with Crippen molar-refractivity contribution >= 4 is 14.6 Å². The molecule has 0 saturated heterocycles. The predicted octanol–water partition coefficient (Wildman–Crippen LogP) is 8.94. The summed E-state index contributed by atoms with van der Waals surface area (Å²) in [6.45, 7) is 5.38. The van der Waals surface area contributed by atoms with Gasteiger partial charge in [0.1, 0.15) is 6.10 Å². The molecule has 0 amide bonds. The number of carbonyl (C=O) groups excluding carboxylic acids is 1. The van der Waals surface area contributed by atoms with Gasteiger partial charge in [0.15, 0.2) is 0 Å². The van der Waals surface area contributed by atoms with Crippen molar-refractivity contribution in [2.45, 2.75) is 155 Å². The normalized spacial score (nSPS) is 13.2. The van der Waals surface area contributed by atoms with Crippen LogP contribution in [0.5, 0.6) is 0 Å². The Labute approximate surface area is 231 Å².